The van der Waals surface area contributed by atoms with Crippen molar-refractivity contribution in [2.24, 2.45) is 46.3 Å². The molecule has 0 aromatic heterocycles. The Labute approximate surface area is 301 Å². The van der Waals surface area contributed by atoms with Crippen LogP contribution in [0.3, 0.4) is 0 Å². The van der Waals surface area contributed by atoms with Gasteiger partial charge in [0, 0.05) is 12.3 Å². The van der Waals surface area contributed by atoms with Gasteiger partial charge in [-0.3, -0.25) is 0 Å². The smallest absolute Gasteiger partial charge is 0.187 e. The first-order chi connectivity index (χ1) is 24.2. The highest BCUT2D eigenvalue weighted by atomic mass is 16.7. The molecule has 1 unspecified atom stereocenters. The van der Waals surface area contributed by atoms with E-state index in [2.05, 4.69) is 33.8 Å². The molecule has 0 amide bonds. The van der Waals surface area contributed by atoms with Gasteiger partial charge in [-0.05, 0) is 98.7 Å². The second-order valence-corrected chi connectivity index (χ2v) is 18.3. The van der Waals surface area contributed by atoms with Gasteiger partial charge in [0.25, 0.3) is 0 Å². The summed E-state index contributed by atoms with van der Waals surface area (Å²) < 4.78 is 37.1. The standard InChI is InChI=1S/C39H62O12/c1-18-8-13-39(46-17-18)19(2)28-26(51-39)15-25-23-7-6-21-14-22(9-11-37(21,4)24(23)10-12-38(25,28)5)48-36-33(45)31(43)34(27(16-40)49-36)50-35-32(44)30(42)29(41)20(3)47-35/h6,18-20,22-36,40-45H,7-17H2,1-5H3/t18?,19-,20-,22-,23+,24-,25-,26-,27+,28-,29-,30+,31+,32+,33+,34+,35-,36+,37-,38-,39+/m0/s1. The molecule has 4 aliphatic carbocycles. The monoisotopic (exact) mass is 722 g/mol. The van der Waals surface area contributed by atoms with Crippen LogP contribution in [0.25, 0.3) is 0 Å². The lowest BCUT2D eigenvalue weighted by atomic mass is 9.47. The average Bonchev–Trinajstić information content (AvgIpc) is 3.56. The van der Waals surface area contributed by atoms with Crippen molar-refractivity contribution in [1.82, 2.24) is 0 Å². The first kappa shape index (κ1) is 37.2. The number of aliphatic hydroxyl groups is 6. The maximum absolute atomic E-state index is 11.1. The fourth-order valence-electron chi connectivity index (χ4n) is 12.6. The molecule has 3 saturated carbocycles. The topological polar surface area (TPSA) is 177 Å². The molecule has 4 saturated heterocycles. The van der Waals surface area contributed by atoms with Crippen LogP contribution in [-0.2, 0) is 28.4 Å². The van der Waals surface area contributed by atoms with E-state index >= 15 is 0 Å². The predicted molar refractivity (Wildman–Crippen MR) is 182 cm³/mol. The molecule has 4 aliphatic heterocycles. The molecule has 12 heteroatoms. The van der Waals surface area contributed by atoms with Gasteiger partial charge in [-0.25, -0.2) is 0 Å². The van der Waals surface area contributed by atoms with E-state index in [1.54, 1.807) is 0 Å². The quantitative estimate of drug-likeness (QED) is 0.229. The van der Waals surface area contributed by atoms with Crippen LogP contribution in [0.15, 0.2) is 11.6 Å². The lowest BCUT2D eigenvalue weighted by Crippen LogP contribution is -2.64. The Kier molecular flexibility index (Phi) is 9.83. The van der Waals surface area contributed by atoms with Crippen molar-refractivity contribution in [3.8, 4) is 0 Å². The number of hydrogen-bond acceptors (Lipinski definition) is 12. The number of rotatable bonds is 5. The molecular formula is C39H62O12. The molecular weight excluding hydrogens is 660 g/mol. The van der Waals surface area contributed by atoms with Crippen LogP contribution in [0.1, 0.15) is 92.4 Å². The summed E-state index contributed by atoms with van der Waals surface area (Å²) in [5, 5.41) is 63.1. The molecule has 7 fully saturated rings. The fraction of sp³-hybridized carbons (Fsp3) is 0.949. The predicted octanol–water partition coefficient (Wildman–Crippen LogP) is 2.39. The lowest BCUT2D eigenvalue weighted by Gasteiger charge is -2.58. The zero-order valence-electron chi connectivity index (χ0n) is 30.9. The maximum Gasteiger partial charge on any atom is 0.187 e. The van der Waals surface area contributed by atoms with E-state index in [1.807, 2.05) is 0 Å². The lowest BCUT2D eigenvalue weighted by molar-refractivity contribution is -0.360. The molecule has 8 rings (SSSR count). The Morgan fingerprint density at radius 1 is 0.824 bits per heavy atom. The van der Waals surface area contributed by atoms with Crippen LogP contribution < -0.4 is 0 Å². The molecule has 12 nitrogen and oxygen atoms in total. The van der Waals surface area contributed by atoms with Crippen molar-refractivity contribution >= 4 is 0 Å². The Bertz CT molecular complexity index is 1300. The van der Waals surface area contributed by atoms with Gasteiger partial charge in [-0.1, -0.05) is 39.3 Å². The molecule has 1 spiro atoms. The average molecular weight is 723 g/mol. The number of aliphatic hydroxyl groups excluding tert-OH is 6. The Balaban J connectivity index is 0.915. The van der Waals surface area contributed by atoms with Gasteiger partial charge in [0.05, 0.1) is 31.5 Å². The second kappa shape index (κ2) is 13.5. The van der Waals surface area contributed by atoms with E-state index in [-0.39, 0.29) is 23.0 Å². The Hall–Kier alpha value is -0.740. The molecule has 4 heterocycles. The van der Waals surface area contributed by atoms with Gasteiger partial charge >= 0.3 is 0 Å². The molecule has 8 aliphatic rings. The van der Waals surface area contributed by atoms with Crippen LogP contribution in [-0.4, -0.2) is 123 Å². The van der Waals surface area contributed by atoms with Gasteiger partial charge < -0.3 is 59.1 Å². The highest BCUT2D eigenvalue weighted by molar-refractivity contribution is 5.26. The van der Waals surface area contributed by atoms with Gasteiger partial charge in [0.2, 0.25) is 0 Å². The van der Waals surface area contributed by atoms with E-state index in [0.717, 1.165) is 45.1 Å². The molecule has 0 radical (unpaired) electrons. The van der Waals surface area contributed by atoms with E-state index < -0.39 is 73.8 Å². The Morgan fingerprint density at radius 2 is 1.57 bits per heavy atom. The van der Waals surface area contributed by atoms with Gasteiger partial charge in [-0.15, -0.1) is 0 Å². The molecule has 21 atom stereocenters. The summed E-state index contributed by atoms with van der Waals surface area (Å²) in [6, 6.07) is 0. The third-order valence-electron chi connectivity index (χ3n) is 15.6. The zero-order valence-corrected chi connectivity index (χ0v) is 30.9. The minimum absolute atomic E-state index is 0.0757. The van der Waals surface area contributed by atoms with Crippen LogP contribution >= 0.6 is 0 Å². The Morgan fingerprint density at radius 3 is 2.29 bits per heavy atom. The number of ether oxygens (including phenoxy) is 6. The van der Waals surface area contributed by atoms with Crippen molar-refractivity contribution in [2.45, 2.75) is 172 Å². The summed E-state index contributed by atoms with van der Waals surface area (Å²) in [5.41, 5.74) is 1.75. The summed E-state index contributed by atoms with van der Waals surface area (Å²) in [7, 11) is 0. The van der Waals surface area contributed by atoms with Gasteiger partial charge in [-0.2, -0.15) is 0 Å². The summed E-state index contributed by atoms with van der Waals surface area (Å²) in [6.45, 7) is 11.5. The summed E-state index contributed by atoms with van der Waals surface area (Å²) in [4.78, 5) is 0. The SMILES string of the molecule is CC1CC[C@@]2(OC1)O[C@H]1C[C@H]3[C@@H]4CC=C5C[C@@H](O[C@@H]6O[C@H](CO)[C@@H](O[C@@H]7O[C@@H](C)[C@H](O)[C@@H](O)[C@H]7O)[C@H](O)[C@H]6O)CC[C@]5(C)[C@H]4CC[C@]3(C)[C@H]1[C@@H]2C. The molecule has 0 bridgehead atoms. The normalized spacial score (nSPS) is 58.4. The van der Waals surface area contributed by atoms with Crippen molar-refractivity contribution in [3.63, 3.8) is 0 Å². The molecule has 0 aromatic carbocycles. The van der Waals surface area contributed by atoms with Crippen LogP contribution in [0.2, 0.25) is 0 Å². The van der Waals surface area contributed by atoms with Crippen molar-refractivity contribution < 1.29 is 59.1 Å². The highest BCUT2D eigenvalue weighted by Crippen LogP contribution is 2.70. The van der Waals surface area contributed by atoms with Crippen LogP contribution in [0, 0.1) is 46.3 Å². The highest BCUT2D eigenvalue weighted by Gasteiger charge is 2.68. The largest absolute Gasteiger partial charge is 0.394 e. The molecule has 6 N–H and O–H groups in total. The third kappa shape index (κ3) is 5.84. The van der Waals surface area contributed by atoms with E-state index in [0.29, 0.717) is 35.5 Å². The van der Waals surface area contributed by atoms with Gasteiger partial charge in [0.15, 0.2) is 18.4 Å². The summed E-state index contributed by atoms with van der Waals surface area (Å²) in [6.07, 6.45) is -1.53. The van der Waals surface area contributed by atoms with Crippen molar-refractivity contribution in [1.29, 1.82) is 0 Å². The molecule has 0 aromatic rings. The van der Waals surface area contributed by atoms with Crippen LogP contribution in [0.4, 0.5) is 0 Å². The molecule has 290 valence electrons. The third-order valence-corrected chi connectivity index (χ3v) is 15.6. The number of hydrogen-bond donors (Lipinski definition) is 6. The van der Waals surface area contributed by atoms with E-state index in [1.165, 1.54) is 31.8 Å². The minimum atomic E-state index is -1.61. The number of allylic oxidation sites excluding steroid dienone is 1. The van der Waals surface area contributed by atoms with E-state index in [4.69, 9.17) is 28.4 Å². The molecule has 51 heavy (non-hydrogen) atoms. The zero-order chi connectivity index (χ0) is 36.2. The van der Waals surface area contributed by atoms with Crippen molar-refractivity contribution in [2.75, 3.05) is 13.2 Å². The van der Waals surface area contributed by atoms with Crippen LogP contribution in [0.5, 0.6) is 0 Å². The summed E-state index contributed by atoms with van der Waals surface area (Å²) >= 11 is 0. The second-order valence-electron chi connectivity index (χ2n) is 18.3. The van der Waals surface area contributed by atoms with E-state index in [9.17, 15) is 30.6 Å². The maximum atomic E-state index is 11.1. The first-order valence-electron chi connectivity index (χ1n) is 19.8. The first-order valence-corrected chi connectivity index (χ1v) is 19.8. The number of fused-ring (bicyclic) bond motifs is 7. The fourth-order valence-corrected chi connectivity index (χ4v) is 12.6. The minimum Gasteiger partial charge on any atom is -0.394 e. The summed E-state index contributed by atoms with van der Waals surface area (Å²) in [5.74, 6) is 2.99. The van der Waals surface area contributed by atoms with Crippen molar-refractivity contribution in [3.05, 3.63) is 11.6 Å². The van der Waals surface area contributed by atoms with Gasteiger partial charge in [0.1, 0.15) is 42.7 Å².